The third-order valence-corrected chi connectivity index (χ3v) is 4.50. The van der Waals surface area contributed by atoms with E-state index in [0.717, 1.165) is 36.2 Å². The molecule has 3 rings (SSSR count). The van der Waals surface area contributed by atoms with Gasteiger partial charge in [-0.1, -0.05) is 42.5 Å². The number of likely N-dealkylation sites (tertiary alicyclic amines) is 1. The van der Waals surface area contributed by atoms with Crippen molar-refractivity contribution in [2.75, 3.05) is 18.4 Å². The summed E-state index contributed by atoms with van der Waals surface area (Å²) in [6.45, 7) is 2.83. The van der Waals surface area contributed by atoms with Crippen molar-refractivity contribution in [2.24, 2.45) is 5.92 Å². The molecule has 1 atom stereocenters. The van der Waals surface area contributed by atoms with Gasteiger partial charge in [-0.05, 0) is 36.1 Å². The normalized spacial score (nSPS) is 17.4. The number of nitrogens with one attached hydrogen (secondary N) is 1. The molecule has 1 saturated heterocycles. The van der Waals surface area contributed by atoms with E-state index in [1.54, 1.807) is 11.8 Å². The zero-order chi connectivity index (χ0) is 16.9. The fourth-order valence-electron chi connectivity index (χ4n) is 3.10. The van der Waals surface area contributed by atoms with Gasteiger partial charge in [0, 0.05) is 25.7 Å². The van der Waals surface area contributed by atoms with E-state index < -0.39 is 0 Å². The number of anilines is 1. The lowest BCUT2D eigenvalue weighted by atomic mass is 9.97. The van der Waals surface area contributed by atoms with Gasteiger partial charge in [-0.2, -0.15) is 0 Å². The standard InChI is InChI=1S/C20H22N2O2/c1-15(23)22-13-5-8-18(14-22)20(24)21-19-11-9-17(10-12-19)16-6-3-2-4-7-16/h2-4,6-7,9-12,18H,5,8,13-14H2,1H3,(H,21,24)/t18-/m0/s1. The largest absolute Gasteiger partial charge is 0.342 e. The first-order chi connectivity index (χ1) is 11.6. The van der Waals surface area contributed by atoms with Crippen LogP contribution < -0.4 is 5.32 Å². The van der Waals surface area contributed by atoms with Gasteiger partial charge in [-0.3, -0.25) is 9.59 Å². The summed E-state index contributed by atoms with van der Waals surface area (Å²) in [5, 5.41) is 2.97. The molecule has 4 nitrogen and oxygen atoms in total. The van der Waals surface area contributed by atoms with Crippen LogP contribution in [0.3, 0.4) is 0 Å². The average Bonchev–Trinajstić information content (AvgIpc) is 2.63. The van der Waals surface area contributed by atoms with Gasteiger partial charge in [0.1, 0.15) is 0 Å². The molecular weight excluding hydrogens is 300 g/mol. The first-order valence-electron chi connectivity index (χ1n) is 8.35. The minimum atomic E-state index is -0.128. The van der Waals surface area contributed by atoms with Crippen molar-refractivity contribution in [3.05, 3.63) is 54.6 Å². The second kappa shape index (κ2) is 7.30. The molecule has 24 heavy (non-hydrogen) atoms. The van der Waals surface area contributed by atoms with Gasteiger partial charge in [-0.15, -0.1) is 0 Å². The van der Waals surface area contributed by atoms with E-state index in [9.17, 15) is 9.59 Å². The lowest BCUT2D eigenvalue weighted by Crippen LogP contribution is -2.42. The number of carbonyl (C=O) groups is 2. The molecule has 0 unspecified atom stereocenters. The Balaban J connectivity index is 1.63. The van der Waals surface area contributed by atoms with Crippen LogP contribution in [0.1, 0.15) is 19.8 Å². The number of benzene rings is 2. The Morgan fingerprint density at radius 1 is 1.00 bits per heavy atom. The molecule has 4 heteroatoms. The summed E-state index contributed by atoms with van der Waals surface area (Å²) in [6, 6.07) is 18.0. The van der Waals surface area contributed by atoms with Crippen LogP contribution in [0.2, 0.25) is 0 Å². The second-order valence-corrected chi connectivity index (χ2v) is 6.24. The maximum atomic E-state index is 12.4. The van der Waals surface area contributed by atoms with Crippen LogP contribution in [-0.4, -0.2) is 29.8 Å². The fourth-order valence-corrected chi connectivity index (χ4v) is 3.10. The third kappa shape index (κ3) is 3.82. The number of piperidine rings is 1. The topological polar surface area (TPSA) is 49.4 Å². The van der Waals surface area contributed by atoms with Crippen LogP contribution in [0.4, 0.5) is 5.69 Å². The van der Waals surface area contributed by atoms with Crippen molar-refractivity contribution in [3.8, 4) is 11.1 Å². The Bertz CT molecular complexity index is 710. The molecule has 0 radical (unpaired) electrons. The van der Waals surface area contributed by atoms with E-state index in [2.05, 4.69) is 17.4 Å². The van der Waals surface area contributed by atoms with Crippen molar-refractivity contribution >= 4 is 17.5 Å². The van der Waals surface area contributed by atoms with Gasteiger partial charge < -0.3 is 10.2 Å². The molecule has 1 heterocycles. The second-order valence-electron chi connectivity index (χ2n) is 6.24. The molecule has 1 aliphatic heterocycles. The molecule has 1 N–H and O–H groups in total. The van der Waals surface area contributed by atoms with Crippen LogP contribution in [0, 0.1) is 5.92 Å². The summed E-state index contributed by atoms with van der Waals surface area (Å²) in [6.07, 6.45) is 1.71. The minimum absolute atomic E-state index is 0.00610. The monoisotopic (exact) mass is 322 g/mol. The molecule has 0 spiro atoms. The Hall–Kier alpha value is -2.62. The molecule has 1 fully saturated rings. The summed E-state index contributed by atoms with van der Waals surface area (Å²) < 4.78 is 0. The van der Waals surface area contributed by atoms with E-state index >= 15 is 0 Å². The summed E-state index contributed by atoms with van der Waals surface area (Å²) in [4.78, 5) is 25.7. The van der Waals surface area contributed by atoms with E-state index in [0.29, 0.717) is 6.54 Å². The number of hydrogen-bond acceptors (Lipinski definition) is 2. The number of hydrogen-bond donors (Lipinski definition) is 1. The van der Waals surface area contributed by atoms with Crippen molar-refractivity contribution in [2.45, 2.75) is 19.8 Å². The highest BCUT2D eigenvalue weighted by atomic mass is 16.2. The first kappa shape index (κ1) is 16.2. The molecule has 0 aromatic heterocycles. The average molecular weight is 322 g/mol. The van der Waals surface area contributed by atoms with Crippen LogP contribution in [-0.2, 0) is 9.59 Å². The van der Waals surface area contributed by atoms with E-state index in [1.165, 1.54) is 0 Å². The summed E-state index contributed by atoms with van der Waals surface area (Å²) in [5.41, 5.74) is 3.06. The van der Waals surface area contributed by atoms with Crippen LogP contribution in [0.5, 0.6) is 0 Å². The summed E-state index contributed by atoms with van der Waals surface area (Å²) >= 11 is 0. The van der Waals surface area contributed by atoms with Gasteiger partial charge in [0.25, 0.3) is 0 Å². The van der Waals surface area contributed by atoms with Crippen molar-refractivity contribution in [1.82, 2.24) is 4.90 Å². The predicted molar refractivity (Wildman–Crippen MR) is 95.5 cm³/mol. The summed E-state index contributed by atoms with van der Waals surface area (Å²) in [5.74, 6) is -0.0930. The number of rotatable bonds is 3. The Kier molecular flexibility index (Phi) is 4.94. The number of nitrogens with zero attached hydrogens (tertiary/aromatic N) is 1. The molecule has 1 aliphatic rings. The van der Waals surface area contributed by atoms with Gasteiger partial charge in [-0.25, -0.2) is 0 Å². The zero-order valence-corrected chi connectivity index (χ0v) is 13.9. The maximum absolute atomic E-state index is 12.4. The van der Waals surface area contributed by atoms with Crippen LogP contribution in [0.15, 0.2) is 54.6 Å². The lowest BCUT2D eigenvalue weighted by Gasteiger charge is -2.31. The van der Waals surface area contributed by atoms with Crippen LogP contribution >= 0.6 is 0 Å². The molecule has 2 amide bonds. The highest BCUT2D eigenvalue weighted by molar-refractivity contribution is 5.93. The molecule has 124 valence electrons. The number of amides is 2. The number of carbonyl (C=O) groups excluding carboxylic acids is 2. The van der Waals surface area contributed by atoms with Gasteiger partial charge >= 0.3 is 0 Å². The van der Waals surface area contributed by atoms with Crippen molar-refractivity contribution < 1.29 is 9.59 Å². The molecule has 2 aromatic rings. The Morgan fingerprint density at radius 2 is 1.67 bits per heavy atom. The molecule has 0 aliphatic carbocycles. The lowest BCUT2D eigenvalue weighted by molar-refractivity contribution is -0.132. The Labute approximate surface area is 142 Å². The van der Waals surface area contributed by atoms with Gasteiger partial charge in [0.2, 0.25) is 11.8 Å². The smallest absolute Gasteiger partial charge is 0.229 e. The van der Waals surface area contributed by atoms with Gasteiger partial charge in [0.15, 0.2) is 0 Å². The SMILES string of the molecule is CC(=O)N1CCC[C@H](C(=O)Nc2ccc(-c3ccccc3)cc2)C1. The fraction of sp³-hybridized carbons (Fsp3) is 0.300. The zero-order valence-electron chi connectivity index (χ0n) is 13.9. The molecule has 0 saturated carbocycles. The Morgan fingerprint density at radius 3 is 2.33 bits per heavy atom. The first-order valence-corrected chi connectivity index (χ1v) is 8.35. The van der Waals surface area contributed by atoms with Gasteiger partial charge in [0.05, 0.1) is 5.92 Å². The quantitative estimate of drug-likeness (QED) is 0.939. The van der Waals surface area contributed by atoms with E-state index in [4.69, 9.17) is 0 Å². The maximum Gasteiger partial charge on any atom is 0.229 e. The highest BCUT2D eigenvalue weighted by Crippen LogP contribution is 2.22. The van der Waals surface area contributed by atoms with Crippen molar-refractivity contribution in [3.63, 3.8) is 0 Å². The van der Waals surface area contributed by atoms with E-state index in [-0.39, 0.29) is 17.7 Å². The van der Waals surface area contributed by atoms with Crippen molar-refractivity contribution in [1.29, 1.82) is 0 Å². The van der Waals surface area contributed by atoms with E-state index in [1.807, 2.05) is 42.5 Å². The third-order valence-electron chi connectivity index (χ3n) is 4.50. The predicted octanol–water partition coefficient (Wildman–Crippen LogP) is 3.55. The van der Waals surface area contributed by atoms with Crippen LogP contribution in [0.25, 0.3) is 11.1 Å². The highest BCUT2D eigenvalue weighted by Gasteiger charge is 2.26. The molecular formula is C20H22N2O2. The minimum Gasteiger partial charge on any atom is -0.342 e. The molecule has 2 aromatic carbocycles. The molecule has 0 bridgehead atoms. The summed E-state index contributed by atoms with van der Waals surface area (Å²) in [7, 11) is 0.